The van der Waals surface area contributed by atoms with Crippen molar-refractivity contribution in [2.45, 2.75) is 39.7 Å². The maximum Gasteiger partial charge on any atom is 0.260 e. The molecule has 0 aliphatic heterocycles. The molecule has 1 amide bonds. The molecule has 0 fully saturated rings. The number of hydrogen-bond donors (Lipinski definition) is 1. The molecule has 0 spiro atoms. The molecule has 2 aromatic rings. The zero-order chi connectivity index (χ0) is 16.7. The molecule has 0 aromatic heterocycles. The molecule has 0 bridgehead atoms. The molecule has 0 unspecified atom stereocenters. The van der Waals surface area contributed by atoms with E-state index in [0.29, 0.717) is 6.54 Å². The van der Waals surface area contributed by atoms with Gasteiger partial charge in [0.05, 0.1) is 0 Å². The summed E-state index contributed by atoms with van der Waals surface area (Å²) in [4.78, 5) is 12.1. The Kier molecular flexibility index (Phi) is 6.21. The minimum absolute atomic E-state index is 0.0704. The molecule has 2 rings (SSSR count). The van der Waals surface area contributed by atoms with Crippen LogP contribution < -0.4 is 10.1 Å². The Balaban J connectivity index is 1.75. The van der Waals surface area contributed by atoms with E-state index in [2.05, 4.69) is 17.4 Å². The number of benzene rings is 2. The predicted octanol–water partition coefficient (Wildman–Crippen LogP) is 3.82. The van der Waals surface area contributed by atoms with E-state index in [1.807, 2.05) is 50.2 Å². The lowest BCUT2D eigenvalue weighted by molar-refractivity contribution is -0.127. The second-order valence-electron chi connectivity index (χ2n) is 5.84. The van der Waals surface area contributed by atoms with Crippen LogP contribution >= 0.6 is 0 Å². The van der Waals surface area contributed by atoms with Gasteiger partial charge in [-0.2, -0.15) is 0 Å². The minimum atomic E-state index is -0.493. The molecule has 0 aliphatic carbocycles. The molecule has 0 radical (unpaired) electrons. The highest BCUT2D eigenvalue weighted by Gasteiger charge is 2.15. The van der Waals surface area contributed by atoms with Crippen molar-refractivity contribution in [2.75, 3.05) is 6.54 Å². The Bertz CT molecular complexity index is 637. The smallest absolute Gasteiger partial charge is 0.260 e. The summed E-state index contributed by atoms with van der Waals surface area (Å²) in [6, 6.07) is 16.2. The van der Waals surface area contributed by atoms with Crippen molar-refractivity contribution in [1.82, 2.24) is 5.32 Å². The second kappa shape index (κ2) is 8.37. The summed E-state index contributed by atoms with van der Waals surface area (Å²) in [5, 5.41) is 2.94. The summed E-state index contributed by atoms with van der Waals surface area (Å²) in [7, 11) is 0. The third-order valence-electron chi connectivity index (χ3n) is 4.01. The number of aryl methyl sites for hydroxylation is 2. The molecular formula is C20H25NO2. The highest BCUT2D eigenvalue weighted by atomic mass is 16.5. The maximum atomic E-state index is 12.1. The van der Waals surface area contributed by atoms with E-state index in [-0.39, 0.29) is 5.91 Å². The van der Waals surface area contributed by atoms with Crippen LogP contribution in [0.15, 0.2) is 48.5 Å². The number of carbonyl (C=O) groups is 1. The van der Waals surface area contributed by atoms with E-state index >= 15 is 0 Å². The van der Waals surface area contributed by atoms with Crippen molar-refractivity contribution < 1.29 is 9.53 Å². The summed E-state index contributed by atoms with van der Waals surface area (Å²) in [5.41, 5.74) is 3.54. The monoisotopic (exact) mass is 311 g/mol. The van der Waals surface area contributed by atoms with E-state index in [4.69, 9.17) is 4.74 Å². The van der Waals surface area contributed by atoms with Crippen LogP contribution in [0.3, 0.4) is 0 Å². The van der Waals surface area contributed by atoms with Gasteiger partial charge in [0, 0.05) is 6.54 Å². The van der Waals surface area contributed by atoms with Crippen LogP contribution in [-0.2, 0) is 11.2 Å². The molecule has 122 valence electrons. The van der Waals surface area contributed by atoms with Crippen molar-refractivity contribution in [2.24, 2.45) is 0 Å². The largest absolute Gasteiger partial charge is 0.481 e. The van der Waals surface area contributed by atoms with Gasteiger partial charge in [0.15, 0.2) is 6.10 Å². The molecule has 0 saturated carbocycles. The van der Waals surface area contributed by atoms with Gasteiger partial charge >= 0.3 is 0 Å². The topological polar surface area (TPSA) is 38.3 Å². The molecule has 3 heteroatoms. The Hall–Kier alpha value is -2.29. The van der Waals surface area contributed by atoms with Crippen LogP contribution in [0.1, 0.15) is 30.0 Å². The van der Waals surface area contributed by atoms with Crippen molar-refractivity contribution in [3.8, 4) is 5.75 Å². The maximum absolute atomic E-state index is 12.1. The van der Waals surface area contributed by atoms with Crippen LogP contribution in [0.25, 0.3) is 0 Å². The van der Waals surface area contributed by atoms with Gasteiger partial charge in [-0.25, -0.2) is 0 Å². The average molecular weight is 311 g/mol. The van der Waals surface area contributed by atoms with Gasteiger partial charge in [-0.05, 0) is 56.4 Å². The summed E-state index contributed by atoms with van der Waals surface area (Å²) in [6.07, 6.45) is 1.39. The normalized spacial score (nSPS) is 11.8. The van der Waals surface area contributed by atoms with Crippen LogP contribution in [0.5, 0.6) is 5.75 Å². The molecule has 23 heavy (non-hydrogen) atoms. The zero-order valence-electron chi connectivity index (χ0n) is 14.1. The lowest BCUT2D eigenvalue weighted by Crippen LogP contribution is -2.37. The molecule has 0 heterocycles. The van der Waals surface area contributed by atoms with Crippen molar-refractivity contribution >= 4 is 5.91 Å². The lowest BCUT2D eigenvalue weighted by Gasteiger charge is -2.17. The van der Waals surface area contributed by atoms with E-state index in [9.17, 15) is 4.79 Å². The molecule has 3 nitrogen and oxygen atoms in total. The highest BCUT2D eigenvalue weighted by molar-refractivity contribution is 5.80. The summed E-state index contributed by atoms with van der Waals surface area (Å²) in [5.74, 6) is 0.705. The lowest BCUT2D eigenvalue weighted by atomic mass is 10.1. The van der Waals surface area contributed by atoms with E-state index in [0.717, 1.165) is 29.7 Å². The summed E-state index contributed by atoms with van der Waals surface area (Å²) < 4.78 is 5.79. The summed E-state index contributed by atoms with van der Waals surface area (Å²) in [6.45, 7) is 6.49. The summed E-state index contributed by atoms with van der Waals surface area (Å²) >= 11 is 0. The second-order valence-corrected chi connectivity index (χ2v) is 5.84. The van der Waals surface area contributed by atoms with E-state index in [1.54, 1.807) is 6.92 Å². The van der Waals surface area contributed by atoms with Gasteiger partial charge in [0.1, 0.15) is 5.75 Å². The minimum Gasteiger partial charge on any atom is -0.481 e. The van der Waals surface area contributed by atoms with Gasteiger partial charge in [-0.3, -0.25) is 4.79 Å². The molecule has 2 aromatic carbocycles. The third kappa shape index (κ3) is 5.13. The van der Waals surface area contributed by atoms with Crippen LogP contribution in [0, 0.1) is 13.8 Å². The van der Waals surface area contributed by atoms with E-state index in [1.165, 1.54) is 5.56 Å². The first-order valence-corrected chi connectivity index (χ1v) is 8.12. The van der Waals surface area contributed by atoms with Crippen LogP contribution in [0.4, 0.5) is 0 Å². The van der Waals surface area contributed by atoms with Gasteiger partial charge < -0.3 is 10.1 Å². The van der Waals surface area contributed by atoms with Crippen molar-refractivity contribution in [1.29, 1.82) is 0 Å². The Morgan fingerprint density at radius 3 is 2.57 bits per heavy atom. The van der Waals surface area contributed by atoms with Crippen molar-refractivity contribution in [3.05, 3.63) is 65.2 Å². The quantitative estimate of drug-likeness (QED) is 0.789. The first-order chi connectivity index (χ1) is 11.1. The fourth-order valence-electron chi connectivity index (χ4n) is 2.39. The Morgan fingerprint density at radius 1 is 1.09 bits per heavy atom. The number of carbonyl (C=O) groups excluding carboxylic acids is 1. The number of ether oxygens (including phenoxy) is 1. The van der Waals surface area contributed by atoms with E-state index < -0.39 is 6.10 Å². The number of hydrogen-bond acceptors (Lipinski definition) is 2. The third-order valence-corrected chi connectivity index (χ3v) is 4.01. The fraction of sp³-hybridized carbons (Fsp3) is 0.350. The number of amides is 1. The number of rotatable bonds is 7. The zero-order valence-corrected chi connectivity index (χ0v) is 14.1. The Labute approximate surface area is 138 Å². The van der Waals surface area contributed by atoms with Crippen LogP contribution in [0.2, 0.25) is 0 Å². The molecular weight excluding hydrogens is 286 g/mol. The predicted molar refractivity (Wildman–Crippen MR) is 93.8 cm³/mol. The molecule has 0 aliphatic rings. The Morgan fingerprint density at radius 2 is 1.83 bits per heavy atom. The van der Waals surface area contributed by atoms with Crippen molar-refractivity contribution in [3.63, 3.8) is 0 Å². The first-order valence-electron chi connectivity index (χ1n) is 8.12. The van der Waals surface area contributed by atoms with Gasteiger partial charge in [0.25, 0.3) is 5.91 Å². The molecule has 1 atom stereocenters. The van der Waals surface area contributed by atoms with Gasteiger partial charge in [0.2, 0.25) is 0 Å². The number of nitrogens with one attached hydrogen (secondary N) is 1. The average Bonchev–Trinajstić information content (AvgIpc) is 2.56. The van der Waals surface area contributed by atoms with Gasteiger partial charge in [-0.15, -0.1) is 0 Å². The first kappa shape index (κ1) is 17.1. The standard InChI is InChI=1S/C20H25NO2/c1-15-9-7-13-19(16(15)2)23-17(3)20(22)21-14-8-12-18-10-5-4-6-11-18/h4-7,9-11,13,17H,8,12,14H2,1-3H3,(H,21,22)/t17-/m1/s1. The SMILES string of the molecule is Cc1cccc(O[C@H](C)C(=O)NCCCc2ccccc2)c1C. The van der Waals surface area contributed by atoms with Gasteiger partial charge in [-0.1, -0.05) is 42.5 Å². The molecule has 0 saturated heterocycles. The fourth-order valence-corrected chi connectivity index (χ4v) is 2.39. The van der Waals surface area contributed by atoms with Crippen LogP contribution in [-0.4, -0.2) is 18.6 Å². The molecule has 1 N–H and O–H groups in total. The highest BCUT2D eigenvalue weighted by Crippen LogP contribution is 2.21.